The van der Waals surface area contributed by atoms with Crippen LogP contribution >= 0.6 is 0 Å². The molecule has 0 amide bonds. The maximum absolute atomic E-state index is 14.5. The number of nitrogens with zero attached hydrogens (tertiary/aromatic N) is 3. The average Bonchev–Trinajstić information content (AvgIpc) is 3.21. The molecule has 2 aromatic heterocycles. The first-order valence-electron chi connectivity index (χ1n) is 11.9. The molecule has 0 saturated carbocycles. The molecule has 4 rings (SSSR count). The van der Waals surface area contributed by atoms with Gasteiger partial charge in [0.2, 0.25) is 5.88 Å². The number of fused-ring (bicyclic) bond motifs is 3. The van der Waals surface area contributed by atoms with Crippen molar-refractivity contribution in [2.24, 2.45) is 0 Å². The molecule has 10 heteroatoms. The van der Waals surface area contributed by atoms with E-state index in [2.05, 4.69) is 20.3 Å². The summed E-state index contributed by atoms with van der Waals surface area (Å²) in [6.07, 6.45) is 2.42. The molecule has 0 fully saturated rings. The number of H-pyrrole nitrogens is 1. The van der Waals surface area contributed by atoms with E-state index in [1.54, 1.807) is 4.90 Å². The van der Waals surface area contributed by atoms with E-state index in [0.717, 1.165) is 22.2 Å². The average molecular weight is 492 g/mol. The van der Waals surface area contributed by atoms with Gasteiger partial charge in [0.15, 0.2) is 0 Å². The van der Waals surface area contributed by atoms with Gasteiger partial charge in [-0.1, -0.05) is 18.2 Å². The Balaban J connectivity index is 1.70. The molecule has 3 N–H and O–H groups in total. The van der Waals surface area contributed by atoms with Crippen LogP contribution in [0.5, 0.6) is 5.88 Å². The summed E-state index contributed by atoms with van der Waals surface area (Å²) in [5, 5.41) is 13.5. The van der Waals surface area contributed by atoms with E-state index in [1.165, 1.54) is 6.33 Å². The van der Waals surface area contributed by atoms with Crippen molar-refractivity contribution in [1.29, 1.82) is 0 Å². The van der Waals surface area contributed by atoms with Gasteiger partial charge in [0.05, 0.1) is 25.0 Å². The van der Waals surface area contributed by atoms with Crippen LogP contribution in [-0.2, 0) is 6.42 Å². The summed E-state index contributed by atoms with van der Waals surface area (Å²) in [4.78, 5) is 13.9. The van der Waals surface area contributed by atoms with Crippen LogP contribution in [0.3, 0.4) is 0 Å². The van der Waals surface area contributed by atoms with Gasteiger partial charge in [-0.2, -0.15) is 0 Å². The summed E-state index contributed by atoms with van der Waals surface area (Å²) in [6.45, 7) is 2.95. The SMILES string of the molecule is Cc1c(OCCNCCCF)ncnc1C1c2[nH]c3ccccc3c2C[C@@H](C)N1CC(F)(F)CO. The van der Waals surface area contributed by atoms with Crippen LogP contribution in [0.2, 0.25) is 0 Å². The van der Waals surface area contributed by atoms with Crippen LogP contribution in [0.25, 0.3) is 10.9 Å². The van der Waals surface area contributed by atoms with Gasteiger partial charge in [-0.3, -0.25) is 9.29 Å². The Morgan fingerprint density at radius 3 is 2.83 bits per heavy atom. The molecule has 7 nitrogen and oxygen atoms in total. The predicted molar refractivity (Wildman–Crippen MR) is 128 cm³/mol. The number of aliphatic hydroxyl groups is 1. The smallest absolute Gasteiger partial charge is 0.283 e. The molecule has 2 atom stereocenters. The minimum absolute atomic E-state index is 0.220. The van der Waals surface area contributed by atoms with Gasteiger partial charge >= 0.3 is 0 Å². The van der Waals surface area contributed by atoms with Crippen molar-refractivity contribution in [2.45, 2.75) is 44.7 Å². The van der Waals surface area contributed by atoms with Crippen molar-refractivity contribution >= 4 is 10.9 Å². The van der Waals surface area contributed by atoms with Crippen molar-refractivity contribution < 1.29 is 23.0 Å². The van der Waals surface area contributed by atoms with Gasteiger partial charge in [-0.25, -0.2) is 18.7 Å². The second-order valence-corrected chi connectivity index (χ2v) is 9.03. The van der Waals surface area contributed by atoms with Crippen LogP contribution in [0.15, 0.2) is 30.6 Å². The fourth-order valence-electron chi connectivity index (χ4n) is 4.77. The number of benzene rings is 1. The predicted octanol–water partition coefficient (Wildman–Crippen LogP) is 3.56. The van der Waals surface area contributed by atoms with Crippen LogP contribution in [-0.4, -0.2) is 76.4 Å². The van der Waals surface area contributed by atoms with Crippen molar-refractivity contribution in [2.75, 3.05) is 39.5 Å². The number of aromatic amines is 1. The molecule has 35 heavy (non-hydrogen) atoms. The fraction of sp³-hybridized carbons (Fsp3) is 0.520. The Morgan fingerprint density at radius 1 is 1.26 bits per heavy atom. The topological polar surface area (TPSA) is 86.3 Å². The third-order valence-electron chi connectivity index (χ3n) is 6.50. The number of hydrogen-bond acceptors (Lipinski definition) is 6. The second-order valence-electron chi connectivity index (χ2n) is 9.03. The third kappa shape index (κ3) is 5.44. The van der Waals surface area contributed by atoms with E-state index in [1.807, 2.05) is 38.1 Å². The quantitative estimate of drug-likeness (QED) is 0.356. The molecule has 3 aromatic rings. The van der Waals surface area contributed by atoms with Gasteiger partial charge in [0.25, 0.3) is 5.92 Å². The lowest BCUT2D eigenvalue weighted by molar-refractivity contribution is -0.0868. The second kappa shape index (κ2) is 10.9. The highest BCUT2D eigenvalue weighted by Crippen LogP contribution is 2.42. The highest BCUT2D eigenvalue weighted by atomic mass is 19.3. The summed E-state index contributed by atoms with van der Waals surface area (Å²) in [5.41, 5.74) is 4.08. The Bertz CT molecular complexity index is 1140. The summed E-state index contributed by atoms with van der Waals surface area (Å²) in [6, 6.07) is 7.09. The number of ether oxygens (including phenoxy) is 1. The number of aliphatic hydroxyl groups excluding tert-OH is 1. The summed E-state index contributed by atoms with van der Waals surface area (Å²) >= 11 is 0. The number of nitrogens with one attached hydrogen (secondary N) is 2. The van der Waals surface area contributed by atoms with Crippen molar-refractivity contribution in [3.8, 4) is 5.88 Å². The van der Waals surface area contributed by atoms with E-state index in [9.17, 15) is 18.3 Å². The molecule has 0 spiro atoms. The van der Waals surface area contributed by atoms with E-state index >= 15 is 0 Å². The molecule has 190 valence electrons. The highest BCUT2D eigenvalue weighted by molar-refractivity contribution is 5.85. The monoisotopic (exact) mass is 491 g/mol. The normalized spacial score (nSPS) is 18.7. The Kier molecular flexibility index (Phi) is 7.93. The Morgan fingerprint density at radius 2 is 2.06 bits per heavy atom. The molecule has 0 aliphatic carbocycles. The molecule has 0 bridgehead atoms. The van der Waals surface area contributed by atoms with Gasteiger partial charge in [0, 0.05) is 34.7 Å². The third-order valence-corrected chi connectivity index (χ3v) is 6.50. The van der Waals surface area contributed by atoms with Crippen LogP contribution < -0.4 is 10.1 Å². The van der Waals surface area contributed by atoms with Crippen molar-refractivity contribution in [3.05, 3.63) is 53.1 Å². The van der Waals surface area contributed by atoms with Gasteiger partial charge < -0.3 is 20.1 Å². The molecule has 0 radical (unpaired) electrons. The van der Waals surface area contributed by atoms with Crippen LogP contribution in [0, 0.1) is 6.92 Å². The van der Waals surface area contributed by atoms with Crippen LogP contribution in [0.1, 0.15) is 41.9 Å². The minimum atomic E-state index is -3.26. The number of alkyl halides is 3. The fourth-order valence-corrected chi connectivity index (χ4v) is 4.77. The first kappa shape index (κ1) is 25.4. The lowest BCUT2D eigenvalue weighted by Gasteiger charge is -2.42. The molecule has 0 saturated heterocycles. The summed E-state index contributed by atoms with van der Waals surface area (Å²) in [7, 11) is 0. The standard InChI is InChI=1S/C25H32F3N5O2/c1-16-12-19-18-6-3-4-7-20(18)32-22(19)23(33(16)13-25(27,28)14-34)21-17(2)24(31-15-30-21)35-11-10-29-9-5-8-26/h3-4,6-7,15-16,23,29,32,34H,5,8-14H2,1-2H3/t16-,23?/m1/s1. The number of rotatable bonds is 11. The lowest BCUT2D eigenvalue weighted by atomic mass is 9.89. The van der Waals surface area contributed by atoms with Crippen LogP contribution in [0.4, 0.5) is 13.2 Å². The molecule has 1 unspecified atom stereocenters. The van der Waals surface area contributed by atoms with Gasteiger partial charge in [-0.15, -0.1) is 0 Å². The van der Waals surface area contributed by atoms with E-state index in [0.29, 0.717) is 49.7 Å². The molecule has 3 heterocycles. The Labute approximate surface area is 202 Å². The van der Waals surface area contributed by atoms with Crippen molar-refractivity contribution in [1.82, 2.24) is 25.2 Å². The number of aromatic nitrogens is 3. The molecule has 1 aliphatic heterocycles. The van der Waals surface area contributed by atoms with E-state index in [4.69, 9.17) is 4.74 Å². The summed E-state index contributed by atoms with van der Waals surface area (Å²) < 4.78 is 47.0. The first-order chi connectivity index (χ1) is 16.9. The van der Waals surface area contributed by atoms with E-state index < -0.39 is 25.1 Å². The minimum Gasteiger partial charge on any atom is -0.476 e. The zero-order chi connectivity index (χ0) is 25.0. The molecule has 1 aromatic carbocycles. The number of halogens is 3. The lowest BCUT2D eigenvalue weighted by Crippen LogP contribution is -2.49. The number of hydrogen-bond donors (Lipinski definition) is 3. The first-order valence-corrected chi connectivity index (χ1v) is 11.9. The van der Waals surface area contributed by atoms with Crippen molar-refractivity contribution in [3.63, 3.8) is 0 Å². The molecular formula is C25H32F3N5O2. The zero-order valence-corrected chi connectivity index (χ0v) is 20.0. The van der Waals surface area contributed by atoms with Gasteiger partial charge in [0.1, 0.15) is 19.5 Å². The largest absolute Gasteiger partial charge is 0.476 e. The zero-order valence-electron chi connectivity index (χ0n) is 20.0. The highest BCUT2D eigenvalue weighted by Gasteiger charge is 2.42. The van der Waals surface area contributed by atoms with E-state index in [-0.39, 0.29) is 12.7 Å². The molecule has 1 aliphatic rings. The number of para-hydroxylation sites is 1. The maximum atomic E-state index is 14.5. The molecular weight excluding hydrogens is 459 g/mol. The summed E-state index contributed by atoms with van der Waals surface area (Å²) in [5.74, 6) is -2.88. The maximum Gasteiger partial charge on any atom is 0.283 e. The Hall–Kier alpha value is -2.69. The van der Waals surface area contributed by atoms with Gasteiger partial charge in [-0.05, 0) is 44.9 Å².